The molecule has 0 unspecified atom stereocenters. The lowest BCUT2D eigenvalue weighted by Gasteiger charge is -2.18. The Morgan fingerprint density at radius 1 is 1.18 bits per heavy atom. The number of nitrogens with two attached hydrogens (primary N) is 1. The standard InChI is InChI=1S/C21H22F3N7O2/c1-10-8-15(21(22,23)24)30-18(26-10)16(17(25)32)19-28-12-6-5-11(9-13(12)29-19)27-20(33)14-4-3-7-31(14)2/h5-6,8-9,14,28-29H,3-4,7H2,1-2H3,(H2,25,32)(H,27,33)/b19-16-/t14-/m0/s1. The zero-order chi connectivity index (χ0) is 23.9. The molecule has 3 heterocycles. The molecule has 12 heteroatoms. The quantitative estimate of drug-likeness (QED) is 0.516. The molecule has 0 radical (unpaired) electrons. The number of hydrogen-bond acceptors (Lipinski definition) is 7. The number of nitrogens with zero attached hydrogens (tertiary/aromatic N) is 3. The molecule has 2 aliphatic rings. The van der Waals surface area contributed by atoms with Crippen molar-refractivity contribution in [1.82, 2.24) is 14.9 Å². The van der Waals surface area contributed by atoms with Gasteiger partial charge in [-0.3, -0.25) is 14.5 Å². The fraction of sp³-hybridized carbons (Fsp3) is 0.333. The van der Waals surface area contributed by atoms with Gasteiger partial charge in [0.15, 0.2) is 5.82 Å². The molecule has 1 fully saturated rings. The SMILES string of the molecule is Cc1cc(C(F)(F)F)nc(/C(C(N)=O)=C2/Nc3ccc(NC(=O)[C@@H]4CCCN4C)cc3N2)n1. The second-order valence-corrected chi connectivity index (χ2v) is 7.97. The summed E-state index contributed by atoms with van der Waals surface area (Å²) >= 11 is 0. The van der Waals surface area contributed by atoms with Crippen molar-refractivity contribution in [2.45, 2.75) is 32.0 Å². The highest BCUT2D eigenvalue weighted by molar-refractivity contribution is 6.20. The van der Waals surface area contributed by atoms with Crippen molar-refractivity contribution in [2.24, 2.45) is 5.73 Å². The van der Waals surface area contributed by atoms with Crippen LogP contribution in [0.2, 0.25) is 0 Å². The molecule has 1 atom stereocenters. The molecule has 174 valence electrons. The molecule has 1 aromatic heterocycles. The highest BCUT2D eigenvalue weighted by Gasteiger charge is 2.35. The Labute approximate surface area is 187 Å². The van der Waals surface area contributed by atoms with E-state index in [0.717, 1.165) is 25.5 Å². The molecule has 0 spiro atoms. The maximum absolute atomic E-state index is 13.2. The van der Waals surface area contributed by atoms with Crippen LogP contribution in [0.1, 0.15) is 30.1 Å². The number of aryl methyl sites for hydroxylation is 1. The first-order valence-electron chi connectivity index (χ1n) is 10.2. The lowest BCUT2D eigenvalue weighted by molar-refractivity contribution is -0.141. The van der Waals surface area contributed by atoms with Gasteiger partial charge in [-0.15, -0.1) is 0 Å². The van der Waals surface area contributed by atoms with Crippen molar-refractivity contribution in [3.63, 3.8) is 0 Å². The van der Waals surface area contributed by atoms with Crippen LogP contribution in [0, 0.1) is 6.92 Å². The summed E-state index contributed by atoms with van der Waals surface area (Å²) in [6.07, 6.45) is -2.99. The predicted octanol–water partition coefficient (Wildman–Crippen LogP) is 2.53. The van der Waals surface area contributed by atoms with Gasteiger partial charge in [-0.25, -0.2) is 9.97 Å². The van der Waals surface area contributed by atoms with Crippen LogP contribution in [-0.2, 0) is 15.8 Å². The third-order valence-corrected chi connectivity index (χ3v) is 5.49. The minimum Gasteiger partial charge on any atom is -0.365 e. The molecule has 33 heavy (non-hydrogen) atoms. The number of amides is 2. The minimum absolute atomic E-state index is 0.0315. The van der Waals surface area contributed by atoms with Gasteiger partial charge >= 0.3 is 6.18 Å². The highest BCUT2D eigenvalue weighted by Crippen LogP contribution is 2.36. The van der Waals surface area contributed by atoms with Gasteiger partial charge < -0.3 is 21.7 Å². The number of halogens is 3. The smallest absolute Gasteiger partial charge is 0.365 e. The van der Waals surface area contributed by atoms with E-state index in [0.29, 0.717) is 17.1 Å². The maximum atomic E-state index is 13.2. The Morgan fingerprint density at radius 3 is 2.55 bits per heavy atom. The van der Waals surface area contributed by atoms with Crippen LogP contribution < -0.4 is 21.7 Å². The number of aromatic nitrogens is 2. The van der Waals surface area contributed by atoms with Crippen molar-refractivity contribution in [2.75, 3.05) is 29.5 Å². The van der Waals surface area contributed by atoms with E-state index >= 15 is 0 Å². The van der Waals surface area contributed by atoms with Crippen LogP contribution in [0.5, 0.6) is 0 Å². The van der Waals surface area contributed by atoms with E-state index in [1.807, 2.05) is 11.9 Å². The number of rotatable bonds is 4. The number of carbonyl (C=O) groups is 2. The van der Waals surface area contributed by atoms with E-state index in [2.05, 4.69) is 25.9 Å². The Kier molecular flexibility index (Phi) is 5.70. The Bertz CT molecular complexity index is 1160. The van der Waals surface area contributed by atoms with Crippen LogP contribution in [-0.4, -0.2) is 46.3 Å². The van der Waals surface area contributed by atoms with Gasteiger partial charge in [0.05, 0.1) is 17.4 Å². The number of likely N-dealkylation sites (tertiary alicyclic amines) is 1. The van der Waals surface area contributed by atoms with Gasteiger partial charge in [-0.05, 0) is 57.6 Å². The number of benzene rings is 1. The molecule has 0 saturated carbocycles. The van der Waals surface area contributed by atoms with Crippen LogP contribution in [0.15, 0.2) is 30.1 Å². The number of anilines is 3. The number of likely N-dealkylation sites (N-methyl/N-ethyl adjacent to an activating group) is 1. The van der Waals surface area contributed by atoms with E-state index in [1.165, 1.54) is 6.92 Å². The summed E-state index contributed by atoms with van der Waals surface area (Å²) in [6.45, 7) is 2.22. The molecule has 2 aromatic rings. The number of fused-ring (bicyclic) bond motifs is 1. The van der Waals surface area contributed by atoms with Crippen LogP contribution in [0.25, 0.3) is 5.57 Å². The van der Waals surface area contributed by atoms with Crippen molar-refractivity contribution in [1.29, 1.82) is 0 Å². The Morgan fingerprint density at radius 2 is 1.91 bits per heavy atom. The Balaban J connectivity index is 1.63. The Hall–Kier alpha value is -3.67. The number of carbonyl (C=O) groups excluding carboxylic acids is 2. The van der Waals surface area contributed by atoms with Crippen molar-refractivity contribution in [3.8, 4) is 0 Å². The first kappa shape index (κ1) is 22.5. The molecule has 9 nitrogen and oxygen atoms in total. The molecular formula is C21H22F3N7O2. The molecule has 2 amide bonds. The summed E-state index contributed by atoms with van der Waals surface area (Å²) < 4.78 is 39.6. The third kappa shape index (κ3) is 4.60. The zero-order valence-corrected chi connectivity index (χ0v) is 17.9. The van der Waals surface area contributed by atoms with Crippen molar-refractivity contribution in [3.05, 3.63) is 47.3 Å². The van der Waals surface area contributed by atoms with E-state index in [4.69, 9.17) is 5.73 Å². The van der Waals surface area contributed by atoms with Crippen LogP contribution in [0.3, 0.4) is 0 Å². The lowest BCUT2D eigenvalue weighted by atomic mass is 10.2. The van der Waals surface area contributed by atoms with Gasteiger partial charge in [0, 0.05) is 11.4 Å². The molecule has 2 aliphatic heterocycles. The number of nitrogens with one attached hydrogen (secondary N) is 3. The summed E-state index contributed by atoms with van der Waals surface area (Å²) in [5, 5.41) is 8.72. The monoisotopic (exact) mass is 461 g/mol. The summed E-state index contributed by atoms with van der Waals surface area (Å²) in [7, 11) is 1.89. The topological polar surface area (TPSA) is 125 Å². The molecule has 5 N–H and O–H groups in total. The first-order valence-corrected chi connectivity index (χ1v) is 10.2. The van der Waals surface area contributed by atoms with Gasteiger partial charge in [0.25, 0.3) is 5.91 Å². The van der Waals surface area contributed by atoms with Crippen LogP contribution >= 0.6 is 0 Å². The van der Waals surface area contributed by atoms with Gasteiger partial charge in [0.1, 0.15) is 17.1 Å². The molecule has 4 rings (SSSR count). The average molecular weight is 461 g/mol. The summed E-state index contributed by atoms with van der Waals surface area (Å²) in [5.74, 6) is -1.53. The van der Waals surface area contributed by atoms with E-state index in [-0.39, 0.29) is 29.0 Å². The number of alkyl halides is 3. The maximum Gasteiger partial charge on any atom is 0.433 e. The van der Waals surface area contributed by atoms with Crippen molar-refractivity contribution >= 4 is 34.4 Å². The van der Waals surface area contributed by atoms with E-state index in [1.54, 1.807) is 18.2 Å². The molecule has 0 aliphatic carbocycles. The molecule has 1 aromatic carbocycles. The summed E-state index contributed by atoms with van der Waals surface area (Å²) in [4.78, 5) is 34.2. The first-order chi connectivity index (χ1) is 15.5. The second-order valence-electron chi connectivity index (χ2n) is 7.97. The third-order valence-electron chi connectivity index (χ3n) is 5.49. The zero-order valence-electron chi connectivity index (χ0n) is 17.9. The largest absolute Gasteiger partial charge is 0.433 e. The van der Waals surface area contributed by atoms with Crippen molar-refractivity contribution < 1.29 is 22.8 Å². The lowest BCUT2D eigenvalue weighted by Crippen LogP contribution is -2.37. The van der Waals surface area contributed by atoms with Gasteiger partial charge in [0.2, 0.25) is 5.91 Å². The number of hydrogen-bond donors (Lipinski definition) is 4. The van der Waals surface area contributed by atoms with Gasteiger partial charge in [-0.1, -0.05) is 0 Å². The summed E-state index contributed by atoms with van der Waals surface area (Å²) in [6, 6.07) is 5.58. The fourth-order valence-electron chi connectivity index (χ4n) is 3.90. The molecule has 1 saturated heterocycles. The molecular weight excluding hydrogens is 439 g/mol. The number of primary amides is 1. The van der Waals surface area contributed by atoms with E-state index in [9.17, 15) is 22.8 Å². The fourth-order valence-corrected chi connectivity index (χ4v) is 3.90. The second kappa shape index (κ2) is 8.35. The average Bonchev–Trinajstić information content (AvgIpc) is 3.32. The minimum atomic E-state index is -4.71. The van der Waals surface area contributed by atoms with Crippen LogP contribution in [0.4, 0.5) is 30.2 Å². The van der Waals surface area contributed by atoms with Gasteiger partial charge in [-0.2, -0.15) is 13.2 Å². The molecule has 0 bridgehead atoms. The van der Waals surface area contributed by atoms with E-state index < -0.39 is 23.6 Å². The predicted molar refractivity (Wildman–Crippen MR) is 116 cm³/mol. The highest BCUT2D eigenvalue weighted by atomic mass is 19.4. The normalized spacial score (nSPS) is 19.5. The summed E-state index contributed by atoms with van der Waals surface area (Å²) in [5.41, 5.74) is 5.58.